The molecule has 0 atom stereocenters. The van der Waals surface area contributed by atoms with Gasteiger partial charge >= 0.3 is 0 Å². The summed E-state index contributed by atoms with van der Waals surface area (Å²) in [6, 6.07) is 23.3. The number of hydrogen-bond donors (Lipinski definition) is 0. The van der Waals surface area contributed by atoms with Crippen LogP contribution < -0.4 is 4.74 Å². The van der Waals surface area contributed by atoms with Crippen molar-refractivity contribution >= 4 is 51.2 Å². The van der Waals surface area contributed by atoms with Crippen molar-refractivity contribution in [2.45, 2.75) is 19.3 Å². The second kappa shape index (κ2) is 11.4. The first-order valence-electron chi connectivity index (χ1n) is 11.5. The normalized spacial score (nSPS) is 14.0. The standard InChI is InChI=1S/C28H26ClNO2S.ClH/c29-22-12-8-21(9-13-22)28-26(24-6-2-3-7-25(24)33-28)27(31)20-10-14-23(15-11-20)32-19-18-30-16-4-1-5-17-30;/h2-3,6-15H,1,4-5,16-19H2;1H. The Hall–Kier alpha value is -2.37. The van der Waals surface area contributed by atoms with Gasteiger partial charge in [0.1, 0.15) is 12.4 Å². The number of rotatable bonds is 7. The number of fused-ring (bicyclic) bond motifs is 1. The number of halogens is 2. The first-order valence-corrected chi connectivity index (χ1v) is 12.7. The monoisotopic (exact) mass is 511 g/mol. The quantitative estimate of drug-likeness (QED) is 0.237. The zero-order chi connectivity index (χ0) is 22.6. The zero-order valence-electron chi connectivity index (χ0n) is 18.8. The van der Waals surface area contributed by atoms with E-state index < -0.39 is 0 Å². The lowest BCUT2D eigenvalue weighted by molar-refractivity contribution is 0.104. The number of thiophene rings is 1. The topological polar surface area (TPSA) is 29.5 Å². The number of nitrogens with zero attached hydrogens (tertiary/aromatic N) is 1. The van der Waals surface area contributed by atoms with Gasteiger partial charge in [0.05, 0.1) is 0 Å². The van der Waals surface area contributed by atoms with Crippen molar-refractivity contribution in [3.63, 3.8) is 0 Å². The number of piperidine rings is 1. The van der Waals surface area contributed by atoms with Crippen molar-refractivity contribution in [3.05, 3.63) is 88.9 Å². The molecule has 0 unspecified atom stereocenters. The largest absolute Gasteiger partial charge is 0.492 e. The molecular weight excluding hydrogens is 485 g/mol. The van der Waals surface area contributed by atoms with E-state index in [0.29, 0.717) is 17.2 Å². The second-order valence-electron chi connectivity index (χ2n) is 8.41. The zero-order valence-corrected chi connectivity index (χ0v) is 21.2. The van der Waals surface area contributed by atoms with Gasteiger partial charge in [-0.3, -0.25) is 9.69 Å². The Kier molecular flexibility index (Phi) is 8.28. The highest BCUT2D eigenvalue weighted by molar-refractivity contribution is 7.22. The van der Waals surface area contributed by atoms with Gasteiger partial charge in [0.25, 0.3) is 0 Å². The van der Waals surface area contributed by atoms with Gasteiger partial charge in [-0.2, -0.15) is 0 Å². The van der Waals surface area contributed by atoms with Gasteiger partial charge in [0.2, 0.25) is 0 Å². The van der Waals surface area contributed by atoms with Crippen LogP contribution in [0.3, 0.4) is 0 Å². The molecule has 0 spiro atoms. The third-order valence-corrected chi connectivity index (χ3v) is 7.64. The van der Waals surface area contributed by atoms with Crippen molar-refractivity contribution in [3.8, 4) is 16.2 Å². The van der Waals surface area contributed by atoms with Crippen LogP contribution in [0.25, 0.3) is 20.5 Å². The molecule has 0 N–H and O–H groups in total. The van der Waals surface area contributed by atoms with Crippen molar-refractivity contribution < 1.29 is 9.53 Å². The molecule has 176 valence electrons. The number of carbonyl (C=O) groups is 1. The molecule has 3 nitrogen and oxygen atoms in total. The van der Waals surface area contributed by atoms with Gasteiger partial charge in [-0.15, -0.1) is 23.7 Å². The molecule has 6 heteroatoms. The summed E-state index contributed by atoms with van der Waals surface area (Å²) in [5, 5.41) is 1.67. The molecule has 0 amide bonds. The third-order valence-electron chi connectivity index (χ3n) is 6.17. The lowest BCUT2D eigenvalue weighted by atomic mass is 9.97. The number of likely N-dealkylation sites (tertiary alicyclic amines) is 1. The average Bonchev–Trinajstić information content (AvgIpc) is 3.25. The maximum Gasteiger partial charge on any atom is 0.195 e. The Labute approximate surface area is 215 Å². The predicted molar refractivity (Wildman–Crippen MR) is 145 cm³/mol. The maximum atomic E-state index is 13.6. The van der Waals surface area contributed by atoms with Crippen molar-refractivity contribution in [2.24, 2.45) is 0 Å². The molecule has 1 aromatic heterocycles. The minimum Gasteiger partial charge on any atom is -0.492 e. The number of ether oxygens (including phenoxy) is 1. The highest BCUT2D eigenvalue weighted by Gasteiger charge is 2.21. The SMILES string of the molecule is Cl.O=C(c1ccc(OCCN2CCCCC2)cc1)c1c(-c2ccc(Cl)cc2)sc2ccccc12. The van der Waals surface area contributed by atoms with Gasteiger partial charge < -0.3 is 4.74 Å². The van der Waals surface area contributed by atoms with E-state index in [9.17, 15) is 4.79 Å². The molecule has 0 bridgehead atoms. The molecule has 2 heterocycles. The van der Waals surface area contributed by atoms with Gasteiger partial charge in [-0.25, -0.2) is 0 Å². The summed E-state index contributed by atoms with van der Waals surface area (Å²) in [5.41, 5.74) is 2.41. The fourth-order valence-electron chi connectivity index (χ4n) is 4.40. The van der Waals surface area contributed by atoms with E-state index in [4.69, 9.17) is 16.3 Å². The molecular formula is C28H27Cl2NO2S. The van der Waals surface area contributed by atoms with E-state index in [2.05, 4.69) is 11.0 Å². The molecule has 4 aromatic rings. The molecule has 1 fully saturated rings. The van der Waals surface area contributed by atoms with Crippen LogP contribution in [0, 0.1) is 0 Å². The van der Waals surface area contributed by atoms with Crippen LogP contribution in [-0.4, -0.2) is 36.9 Å². The fraction of sp³-hybridized carbons (Fsp3) is 0.250. The van der Waals surface area contributed by atoms with Crippen LogP contribution in [0.4, 0.5) is 0 Å². The Morgan fingerprint density at radius 1 is 0.912 bits per heavy atom. The highest BCUT2D eigenvalue weighted by atomic mass is 35.5. The molecule has 0 saturated carbocycles. The maximum absolute atomic E-state index is 13.6. The van der Waals surface area contributed by atoms with E-state index in [0.717, 1.165) is 38.4 Å². The summed E-state index contributed by atoms with van der Waals surface area (Å²) < 4.78 is 7.05. The summed E-state index contributed by atoms with van der Waals surface area (Å²) in [6.45, 7) is 3.96. The summed E-state index contributed by atoms with van der Waals surface area (Å²) in [7, 11) is 0. The Bertz CT molecular complexity index is 1250. The Morgan fingerprint density at radius 3 is 2.35 bits per heavy atom. The predicted octanol–water partition coefficient (Wildman–Crippen LogP) is 7.74. The van der Waals surface area contributed by atoms with Gasteiger partial charge in [-0.1, -0.05) is 48.4 Å². The van der Waals surface area contributed by atoms with Crippen LogP contribution >= 0.6 is 35.3 Å². The lowest BCUT2D eigenvalue weighted by Crippen LogP contribution is -2.33. The van der Waals surface area contributed by atoms with E-state index in [-0.39, 0.29) is 18.2 Å². The molecule has 1 saturated heterocycles. The van der Waals surface area contributed by atoms with Crippen LogP contribution in [0.15, 0.2) is 72.8 Å². The molecule has 3 aromatic carbocycles. The highest BCUT2D eigenvalue weighted by Crippen LogP contribution is 2.40. The number of carbonyl (C=O) groups excluding carboxylic acids is 1. The fourth-order valence-corrected chi connectivity index (χ4v) is 5.73. The van der Waals surface area contributed by atoms with Crippen LogP contribution in [0.5, 0.6) is 5.75 Å². The average molecular weight is 513 g/mol. The number of benzene rings is 3. The van der Waals surface area contributed by atoms with Crippen molar-refractivity contribution in [1.29, 1.82) is 0 Å². The molecule has 34 heavy (non-hydrogen) atoms. The van der Waals surface area contributed by atoms with Crippen molar-refractivity contribution in [2.75, 3.05) is 26.2 Å². The molecule has 0 radical (unpaired) electrons. The first-order chi connectivity index (χ1) is 16.2. The van der Waals surface area contributed by atoms with Crippen molar-refractivity contribution in [1.82, 2.24) is 4.90 Å². The van der Waals surface area contributed by atoms with Gasteiger partial charge in [0, 0.05) is 37.7 Å². The molecule has 1 aliphatic rings. The van der Waals surface area contributed by atoms with Crippen LogP contribution in [0.1, 0.15) is 35.2 Å². The van der Waals surface area contributed by atoms with E-state index in [1.165, 1.54) is 32.4 Å². The van der Waals surface area contributed by atoms with E-state index >= 15 is 0 Å². The number of ketones is 1. The molecule has 0 aliphatic carbocycles. The summed E-state index contributed by atoms with van der Waals surface area (Å²) in [4.78, 5) is 17.1. The minimum absolute atomic E-state index is 0. The lowest BCUT2D eigenvalue weighted by Gasteiger charge is -2.26. The molecule has 5 rings (SSSR count). The van der Waals surface area contributed by atoms with E-state index in [1.54, 1.807) is 11.3 Å². The van der Waals surface area contributed by atoms with Crippen LogP contribution in [0.2, 0.25) is 5.02 Å². The smallest absolute Gasteiger partial charge is 0.195 e. The minimum atomic E-state index is 0. The Balaban J connectivity index is 0.00000274. The van der Waals surface area contributed by atoms with Gasteiger partial charge in [-0.05, 0) is 74.0 Å². The van der Waals surface area contributed by atoms with Gasteiger partial charge in [0.15, 0.2) is 5.78 Å². The van der Waals surface area contributed by atoms with Crippen LogP contribution in [-0.2, 0) is 0 Å². The summed E-state index contributed by atoms with van der Waals surface area (Å²) in [5.74, 6) is 0.828. The number of hydrogen-bond acceptors (Lipinski definition) is 4. The first kappa shape index (κ1) is 24.7. The second-order valence-corrected chi connectivity index (χ2v) is 9.90. The third kappa shape index (κ3) is 5.47. The summed E-state index contributed by atoms with van der Waals surface area (Å²) in [6.07, 6.45) is 3.91. The molecule has 1 aliphatic heterocycles. The van der Waals surface area contributed by atoms with E-state index in [1.807, 2.05) is 66.7 Å². The summed E-state index contributed by atoms with van der Waals surface area (Å²) >= 11 is 7.73. The Morgan fingerprint density at radius 2 is 1.62 bits per heavy atom.